The fourth-order valence-corrected chi connectivity index (χ4v) is 6.18. The van der Waals surface area contributed by atoms with Crippen LogP contribution in [0.5, 0.6) is 0 Å². The minimum absolute atomic E-state index is 0.314. The Morgan fingerprint density at radius 1 is 1.22 bits per heavy atom. The predicted molar refractivity (Wildman–Crippen MR) is 71.3 cm³/mol. The third-order valence-corrected chi connectivity index (χ3v) is 6.50. The van der Waals surface area contributed by atoms with Gasteiger partial charge in [0.05, 0.1) is 0 Å². The van der Waals surface area contributed by atoms with Crippen molar-refractivity contribution in [3.05, 3.63) is 0 Å². The number of rotatable bonds is 0. The van der Waals surface area contributed by atoms with Crippen LogP contribution in [0.15, 0.2) is 0 Å². The minimum atomic E-state index is 0.314. The molecule has 2 heteroatoms. The van der Waals surface area contributed by atoms with Gasteiger partial charge in [-0.25, -0.2) is 0 Å². The Balaban J connectivity index is 1.82. The lowest BCUT2D eigenvalue weighted by Crippen LogP contribution is -2.71. The van der Waals surface area contributed by atoms with E-state index in [1.54, 1.807) is 0 Å². The number of hydrogen-bond donors (Lipinski definition) is 0. The summed E-state index contributed by atoms with van der Waals surface area (Å²) < 4.78 is 0. The first kappa shape index (κ1) is 11.5. The molecule has 4 aliphatic rings. The van der Waals surface area contributed by atoms with Crippen LogP contribution in [0.1, 0.15) is 51.9 Å². The fourth-order valence-electron chi connectivity index (χ4n) is 6.18. The topological polar surface area (TPSA) is 20.3 Å². The summed E-state index contributed by atoms with van der Waals surface area (Å²) in [7, 11) is 0. The van der Waals surface area contributed by atoms with Gasteiger partial charge in [0.2, 0.25) is 0 Å². The molecule has 4 rings (SSSR count). The molecule has 2 aliphatic carbocycles. The van der Waals surface area contributed by atoms with E-state index >= 15 is 0 Å². The molecule has 2 saturated carbocycles. The highest BCUT2D eigenvalue weighted by atomic mass is 16.1. The van der Waals surface area contributed by atoms with Crippen molar-refractivity contribution in [2.75, 3.05) is 13.1 Å². The Morgan fingerprint density at radius 2 is 2.00 bits per heavy atom. The zero-order valence-electron chi connectivity index (χ0n) is 11.5. The molecular formula is C16H25NO. The van der Waals surface area contributed by atoms with Crippen LogP contribution in [0.4, 0.5) is 0 Å². The Morgan fingerprint density at radius 3 is 2.83 bits per heavy atom. The van der Waals surface area contributed by atoms with E-state index in [1.165, 1.54) is 51.6 Å². The normalized spacial score (nSPS) is 51.9. The first-order valence-corrected chi connectivity index (χ1v) is 7.99. The maximum Gasteiger partial charge on any atom is 0.138 e. The molecule has 2 aliphatic heterocycles. The number of carbonyl (C=O) groups excluding carboxylic acids is 1. The standard InChI is InChI=1S/C16H25NO/c1-11-8-12-9-15(18)14-5-3-7-17-6-2-4-13(12)16(14,17)10-11/h11-14H,2-10H2,1H3/t11?,12-,13-,14-,16+/m1/s1. The number of nitrogens with zero attached hydrogens (tertiary/aromatic N) is 1. The van der Waals surface area contributed by atoms with Crippen LogP contribution in [0.3, 0.4) is 0 Å². The number of ketones is 1. The molecule has 2 bridgehead atoms. The highest BCUT2D eigenvalue weighted by molar-refractivity contribution is 5.84. The van der Waals surface area contributed by atoms with Crippen LogP contribution >= 0.6 is 0 Å². The maximum atomic E-state index is 12.5. The van der Waals surface area contributed by atoms with E-state index < -0.39 is 0 Å². The Hall–Kier alpha value is -0.370. The summed E-state index contributed by atoms with van der Waals surface area (Å²) in [5.74, 6) is 3.43. The highest BCUT2D eigenvalue weighted by Gasteiger charge is 2.62. The molecule has 2 nitrogen and oxygen atoms in total. The van der Waals surface area contributed by atoms with Crippen LogP contribution in [0.2, 0.25) is 0 Å². The molecule has 0 aromatic rings. The summed E-state index contributed by atoms with van der Waals surface area (Å²) in [5.41, 5.74) is 0.314. The van der Waals surface area contributed by atoms with Crippen LogP contribution in [0.25, 0.3) is 0 Å². The van der Waals surface area contributed by atoms with Gasteiger partial charge in [-0.05, 0) is 69.4 Å². The first-order chi connectivity index (χ1) is 8.72. The molecule has 2 saturated heterocycles. The lowest BCUT2D eigenvalue weighted by atomic mass is 9.48. The zero-order valence-corrected chi connectivity index (χ0v) is 11.5. The van der Waals surface area contributed by atoms with Crippen molar-refractivity contribution in [2.45, 2.75) is 57.4 Å². The average Bonchev–Trinajstić information content (AvgIpc) is 2.33. The van der Waals surface area contributed by atoms with Crippen molar-refractivity contribution in [3.8, 4) is 0 Å². The Labute approximate surface area is 110 Å². The van der Waals surface area contributed by atoms with E-state index in [4.69, 9.17) is 0 Å². The number of piperidine rings is 2. The summed E-state index contributed by atoms with van der Waals surface area (Å²) in [6, 6.07) is 0. The van der Waals surface area contributed by atoms with Crippen molar-refractivity contribution in [1.29, 1.82) is 0 Å². The van der Waals surface area contributed by atoms with E-state index in [9.17, 15) is 4.79 Å². The van der Waals surface area contributed by atoms with Crippen molar-refractivity contribution < 1.29 is 4.79 Å². The number of hydrogen-bond acceptors (Lipinski definition) is 2. The van der Waals surface area contributed by atoms with Gasteiger partial charge in [-0.2, -0.15) is 0 Å². The van der Waals surface area contributed by atoms with Crippen molar-refractivity contribution in [1.82, 2.24) is 4.90 Å². The molecule has 0 aromatic heterocycles. The van der Waals surface area contributed by atoms with Gasteiger partial charge in [0.1, 0.15) is 5.78 Å². The van der Waals surface area contributed by atoms with Crippen molar-refractivity contribution in [2.24, 2.45) is 23.7 Å². The van der Waals surface area contributed by atoms with Gasteiger partial charge in [0, 0.05) is 17.9 Å². The summed E-state index contributed by atoms with van der Waals surface area (Å²) in [4.78, 5) is 15.3. The van der Waals surface area contributed by atoms with Gasteiger partial charge in [-0.15, -0.1) is 0 Å². The maximum absolute atomic E-state index is 12.5. The molecule has 100 valence electrons. The smallest absolute Gasteiger partial charge is 0.138 e. The average molecular weight is 247 g/mol. The molecule has 0 N–H and O–H groups in total. The molecule has 2 heterocycles. The van der Waals surface area contributed by atoms with Crippen molar-refractivity contribution >= 4 is 5.78 Å². The summed E-state index contributed by atoms with van der Waals surface area (Å²) in [6.45, 7) is 4.95. The van der Waals surface area contributed by atoms with Gasteiger partial charge in [-0.1, -0.05) is 6.92 Å². The third-order valence-electron chi connectivity index (χ3n) is 6.50. The Bertz CT molecular complexity index is 377. The Kier molecular flexibility index (Phi) is 2.43. The minimum Gasteiger partial charge on any atom is -0.299 e. The zero-order chi connectivity index (χ0) is 12.3. The first-order valence-electron chi connectivity index (χ1n) is 7.99. The molecule has 0 radical (unpaired) electrons. The largest absolute Gasteiger partial charge is 0.299 e. The summed E-state index contributed by atoms with van der Waals surface area (Å²) in [6.07, 6.45) is 8.75. The number of Topliss-reactive ketones (excluding diaryl/α,β-unsaturated/α-hetero) is 1. The molecule has 1 spiro atoms. The van der Waals surface area contributed by atoms with E-state index in [2.05, 4.69) is 11.8 Å². The highest BCUT2D eigenvalue weighted by Crippen LogP contribution is 2.59. The summed E-state index contributed by atoms with van der Waals surface area (Å²) >= 11 is 0. The van der Waals surface area contributed by atoms with Gasteiger partial charge in [0.15, 0.2) is 0 Å². The van der Waals surface area contributed by atoms with Crippen LogP contribution < -0.4 is 0 Å². The van der Waals surface area contributed by atoms with E-state index in [0.29, 0.717) is 17.2 Å². The molecule has 4 fully saturated rings. The van der Waals surface area contributed by atoms with Crippen molar-refractivity contribution in [3.63, 3.8) is 0 Å². The third kappa shape index (κ3) is 1.31. The quantitative estimate of drug-likeness (QED) is 0.656. The molecule has 0 aromatic carbocycles. The number of carbonyl (C=O) groups is 1. The monoisotopic (exact) mass is 247 g/mol. The second-order valence-corrected chi connectivity index (χ2v) is 7.40. The molecule has 1 unspecified atom stereocenters. The van der Waals surface area contributed by atoms with E-state index in [0.717, 1.165) is 24.2 Å². The molecule has 5 atom stereocenters. The van der Waals surface area contributed by atoms with Gasteiger partial charge >= 0.3 is 0 Å². The second-order valence-electron chi connectivity index (χ2n) is 7.40. The van der Waals surface area contributed by atoms with E-state index in [-0.39, 0.29) is 0 Å². The molecule has 0 amide bonds. The van der Waals surface area contributed by atoms with Crippen LogP contribution in [0, 0.1) is 23.7 Å². The van der Waals surface area contributed by atoms with Gasteiger partial charge in [-0.3, -0.25) is 9.69 Å². The predicted octanol–water partition coefficient (Wildman–Crippen LogP) is 2.87. The SMILES string of the molecule is CC1C[C@@H]2CC(=O)[C@H]3CCCN4CCC[C@H]2[C@@]34C1. The summed E-state index contributed by atoms with van der Waals surface area (Å²) in [5, 5.41) is 0. The lowest BCUT2D eigenvalue weighted by molar-refractivity contribution is -0.172. The fraction of sp³-hybridized carbons (Fsp3) is 0.938. The van der Waals surface area contributed by atoms with Gasteiger partial charge in [0.25, 0.3) is 0 Å². The molecular weight excluding hydrogens is 222 g/mol. The lowest BCUT2D eigenvalue weighted by Gasteiger charge is -2.65. The van der Waals surface area contributed by atoms with Crippen LogP contribution in [-0.2, 0) is 4.79 Å². The second kappa shape index (κ2) is 3.82. The van der Waals surface area contributed by atoms with E-state index in [1.807, 2.05) is 0 Å². The van der Waals surface area contributed by atoms with Gasteiger partial charge < -0.3 is 0 Å². The van der Waals surface area contributed by atoms with Crippen LogP contribution in [-0.4, -0.2) is 29.3 Å². The molecule has 18 heavy (non-hydrogen) atoms.